The summed E-state index contributed by atoms with van der Waals surface area (Å²) < 4.78 is 17.0. The van der Waals surface area contributed by atoms with Crippen LogP contribution in [0.4, 0.5) is 5.69 Å². The quantitative estimate of drug-likeness (QED) is 0.110. The fourth-order valence-electron chi connectivity index (χ4n) is 3.86. The number of carbonyl (C=O) groups is 1. The van der Waals surface area contributed by atoms with Gasteiger partial charge in [0.2, 0.25) is 5.96 Å². The minimum Gasteiger partial charge on any atom is -0.479 e. The molecule has 0 fully saturated rings. The summed E-state index contributed by atoms with van der Waals surface area (Å²) in [6.07, 6.45) is -0.264. The molecule has 4 N–H and O–H groups in total. The summed E-state index contributed by atoms with van der Waals surface area (Å²) >= 11 is 0. The third kappa shape index (κ3) is 5.99. The molecule has 11 nitrogen and oxygen atoms in total. The predicted octanol–water partition coefficient (Wildman–Crippen LogP) is 1.97. The molecule has 186 valence electrons. The molecule has 35 heavy (non-hydrogen) atoms. The Morgan fingerprint density at radius 3 is 2.60 bits per heavy atom. The van der Waals surface area contributed by atoms with Crippen LogP contribution in [0.2, 0.25) is 0 Å². The Bertz CT molecular complexity index is 1090. The monoisotopic (exact) mass is 483 g/mol. The van der Waals surface area contributed by atoms with Crippen molar-refractivity contribution in [2.45, 2.75) is 44.4 Å². The fraction of sp³-hybridized carbons (Fsp3) is 0.375. The van der Waals surface area contributed by atoms with Gasteiger partial charge in [0.15, 0.2) is 18.1 Å². The minimum absolute atomic E-state index is 0.153. The second-order valence-electron chi connectivity index (χ2n) is 7.99. The van der Waals surface area contributed by atoms with E-state index in [9.17, 15) is 15.2 Å². The lowest BCUT2D eigenvalue weighted by molar-refractivity contribution is -0.238. The molecule has 0 saturated heterocycles. The van der Waals surface area contributed by atoms with Gasteiger partial charge < -0.3 is 29.5 Å². The van der Waals surface area contributed by atoms with Gasteiger partial charge in [-0.2, -0.15) is 5.26 Å². The van der Waals surface area contributed by atoms with Crippen molar-refractivity contribution >= 4 is 17.6 Å². The maximum atomic E-state index is 11.5. The van der Waals surface area contributed by atoms with Gasteiger partial charge in [-0.15, -0.1) is 0 Å². The van der Waals surface area contributed by atoms with E-state index in [2.05, 4.69) is 21.1 Å². The van der Waals surface area contributed by atoms with E-state index in [1.165, 1.54) is 21.1 Å². The number of carbonyl (C=O) groups excluding carboxylic acids is 1. The van der Waals surface area contributed by atoms with Crippen molar-refractivity contribution in [2.75, 3.05) is 19.7 Å². The molecule has 0 spiro atoms. The van der Waals surface area contributed by atoms with Gasteiger partial charge in [-0.3, -0.25) is 10.1 Å². The van der Waals surface area contributed by atoms with Crippen LogP contribution in [-0.4, -0.2) is 49.3 Å². The van der Waals surface area contributed by atoms with Gasteiger partial charge in [0, 0.05) is 26.7 Å². The van der Waals surface area contributed by atoms with Crippen molar-refractivity contribution < 1.29 is 28.9 Å². The van der Waals surface area contributed by atoms with Crippen LogP contribution in [0.1, 0.15) is 31.0 Å². The van der Waals surface area contributed by atoms with Gasteiger partial charge in [0.05, 0.1) is 18.3 Å². The molecule has 1 aliphatic rings. The number of aliphatic hydroxyl groups excluding tert-OH is 1. The van der Waals surface area contributed by atoms with Crippen LogP contribution in [0.5, 0.6) is 5.75 Å². The number of hydrogen-bond acceptors (Lipinski definition) is 9. The number of methoxy groups -OCH3 is 2. The second kappa shape index (κ2) is 11.5. The van der Waals surface area contributed by atoms with Gasteiger partial charge >= 0.3 is 5.97 Å². The summed E-state index contributed by atoms with van der Waals surface area (Å²) in [5.74, 6) is 0.0697. The first kappa shape index (κ1) is 25.8. The third-order valence-electron chi connectivity index (χ3n) is 5.52. The molecule has 0 bridgehead atoms. The summed E-state index contributed by atoms with van der Waals surface area (Å²) in [5.41, 5.74) is 3.16. The lowest BCUT2D eigenvalue weighted by atomic mass is 9.84. The van der Waals surface area contributed by atoms with Gasteiger partial charge in [-0.25, -0.2) is 10.5 Å². The number of nitrogens with one attached hydrogen (secondary N) is 3. The second-order valence-corrected chi connectivity index (χ2v) is 7.99. The smallest absolute Gasteiger partial charge is 0.329 e. The van der Waals surface area contributed by atoms with Crippen LogP contribution in [0.15, 0.2) is 53.5 Å². The number of fused-ring (bicyclic) bond motifs is 1. The first-order valence-corrected chi connectivity index (χ1v) is 10.8. The largest absolute Gasteiger partial charge is 0.479 e. The zero-order valence-electron chi connectivity index (χ0n) is 19.9. The molecule has 11 heteroatoms. The Kier molecular flexibility index (Phi) is 8.48. The van der Waals surface area contributed by atoms with Crippen molar-refractivity contribution in [3.05, 3.63) is 59.7 Å². The number of aliphatic hydroxyl groups is 1. The number of hydrogen-bond donors (Lipinski definition) is 4. The molecule has 0 aromatic heterocycles. The molecule has 3 rings (SSSR count). The van der Waals surface area contributed by atoms with Crippen molar-refractivity contribution in [1.29, 1.82) is 5.26 Å². The molecule has 0 aliphatic carbocycles. The molecule has 3 atom stereocenters. The van der Waals surface area contributed by atoms with Crippen molar-refractivity contribution in [1.82, 2.24) is 10.6 Å². The lowest BCUT2D eigenvalue weighted by Gasteiger charge is -2.46. The zero-order valence-corrected chi connectivity index (χ0v) is 19.9. The average molecular weight is 484 g/mol. The zero-order chi connectivity index (χ0) is 25.4. The van der Waals surface area contributed by atoms with Gasteiger partial charge in [-0.05, 0) is 30.7 Å². The van der Waals surface area contributed by atoms with Crippen LogP contribution in [0.3, 0.4) is 0 Å². The summed E-state index contributed by atoms with van der Waals surface area (Å²) in [6, 6.07) is 13.7. The average Bonchev–Trinajstić information content (AvgIpc) is 2.85. The van der Waals surface area contributed by atoms with Gasteiger partial charge in [0.1, 0.15) is 11.9 Å². The van der Waals surface area contributed by atoms with Crippen molar-refractivity contribution in [3.8, 4) is 11.9 Å². The minimum atomic E-state index is -1.32. The molecule has 2 aromatic carbocycles. The third-order valence-corrected chi connectivity index (χ3v) is 5.52. The normalized spacial score (nSPS) is 21.3. The van der Waals surface area contributed by atoms with Crippen molar-refractivity contribution in [3.63, 3.8) is 0 Å². The van der Waals surface area contributed by atoms with Gasteiger partial charge in [-0.1, -0.05) is 30.3 Å². The van der Waals surface area contributed by atoms with E-state index in [4.69, 9.17) is 19.0 Å². The summed E-state index contributed by atoms with van der Waals surface area (Å²) in [7, 11) is 2.90. The standard InChI is InChI=1S/C24H29N5O6/c1-15(30)35-29-17-10-11-19-18(12-17)20(21(31)24(2,34-19)22(32-3)33-4)28-23(27-14-25)26-13-16-8-6-5-7-9-16/h5-12,20-22,29,31H,13H2,1-4H3,(H2,26,27,28)/t20-,21-,24-/m0/s1. The molecule has 0 radical (unpaired) electrons. The Balaban J connectivity index is 2.00. The van der Waals surface area contributed by atoms with Crippen LogP contribution in [0.25, 0.3) is 0 Å². The Morgan fingerprint density at radius 1 is 1.26 bits per heavy atom. The van der Waals surface area contributed by atoms with Crippen LogP contribution >= 0.6 is 0 Å². The van der Waals surface area contributed by atoms with Crippen LogP contribution < -0.4 is 20.9 Å². The number of benzene rings is 2. The molecular weight excluding hydrogens is 454 g/mol. The van der Waals surface area contributed by atoms with E-state index in [0.717, 1.165) is 5.56 Å². The number of guanidine groups is 1. The lowest BCUT2D eigenvalue weighted by Crippen LogP contribution is -2.62. The van der Waals surface area contributed by atoms with Crippen LogP contribution in [0, 0.1) is 11.5 Å². The maximum absolute atomic E-state index is 11.5. The highest BCUT2D eigenvalue weighted by Crippen LogP contribution is 2.43. The van der Waals surface area contributed by atoms with Crippen LogP contribution in [-0.2, 0) is 25.7 Å². The molecular formula is C24H29N5O6. The fourth-order valence-corrected chi connectivity index (χ4v) is 3.86. The van der Waals surface area contributed by atoms with E-state index < -0.39 is 30.0 Å². The number of nitriles is 1. The summed E-state index contributed by atoms with van der Waals surface area (Å²) in [5, 5.41) is 26.4. The van der Waals surface area contributed by atoms with E-state index >= 15 is 0 Å². The Morgan fingerprint density at radius 2 is 1.97 bits per heavy atom. The highest BCUT2D eigenvalue weighted by atomic mass is 16.7. The number of ether oxygens (including phenoxy) is 3. The predicted molar refractivity (Wildman–Crippen MR) is 127 cm³/mol. The molecule has 0 amide bonds. The first-order valence-electron chi connectivity index (χ1n) is 10.8. The van der Waals surface area contributed by atoms with E-state index in [-0.39, 0.29) is 5.96 Å². The number of anilines is 1. The maximum Gasteiger partial charge on any atom is 0.329 e. The summed E-state index contributed by atoms with van der Waals surface area (Å²) in [4.78, 5) is 20.6. The number of rotatable bonds is 8. The molecule has 1 heterocycles. The Labute approximate surface area is 203 Å². The van der Waals surface area contributed by atoms with E-state index in [1.807, 2.05) is 36.5 Å². The first-order chi connectivity index (χ1) is 16.8. The van der Waals surface area contributed by atoms with Gasteiger partial charge in [0.25, 0.3) is 0 Å². The van der Waals surface area contributed by atoms with Crippen molar-refractivity contribution in [2.24, 2.45) is 4.99 Å². The van der Waals surface area contributed by atoms with E-state index in [0.29, 0.717) is 23.5 Å². The molecule has 0 saturated carbocycles. The molecule has 2 aromatic rings. The number of aliphatic imine (C=N–C) groups is 1. The molecule has 0 unspecified atom stereocenters. The SMILES string of the molecule is COC(OC)[C@@]1(C)Oc2ccc(NOC(C)=O)cc2[C@H](NC(=NCc2ccccc2)NC#N)[C@@H]1O. The highest BCUT2D eigenvalue weighted by molar-refractivity contribution is 5.82. The topological polar surface area (TPSA) is 146 Å². The van der Waals surface area contributed by atoms with E-state index in [1.54, 1.807) is 25.1 Å². The number of nitrogens with zero attached hydrogens (tertiary/aromatic N) is 2. The Hall–Kier alpha value is -3.85. The highest BCUT2D eigenvalue weighted by Gasteiger charge is 2.52. The summed E-state index contributed by atoms with van der Waals surface area (Å²) in [6.45, 7) is 3.23. The molecule has 1 aliphatic heterocycles.